The summed E-state index contributed by atoms with van der Waals surface area (Å²) in [6, 6.07) is 0. The average Bonchev–Trinajstić information content (AvgIpc) is 3.33. The van der Waals surface area contributed by atoms with E-state index in [2.05, 4.69) is 26.8 Å². The van der Waals surface area contributed by atoms with Crippen molar-refractivity contribution in [3.05, 3.63) is 23.3 Å². The minimum Gasteiger partial charge on any atom is -0.396 e. The number of aliphatic hydroxyl groups is 2. The van der Waals surface area contributed by atoms with Crippen molar-refractivity contribution in [1.29, 1.82) is 0 Å². The van der Waals surface area contributed by atoms with Gasteiger partial charge in [0.05, 0.1) is 0 Å². The lowest BCUT2D eigenvalue weighted by Crippen LogP contribution is -2.52. The van der Waals surface area contributed by atoms with E-state index in [4.69, 9.17) is 4.74 Å². The Labute approximate surface area is 156 Å². The van der Waals surface area contributed by atoms with Gasteiger partial charge in [-0.1, -0.05) is 31.9 Å². The first-order valence-corrected chi connectivity index (χ1v) is 10.0. The standard InChI is InChI=1S/C22H32O4/c1-13-6-7-16-20(3,12-23)8-5-9-21(16,4)15(13)11-22-17(24)10-14(2)18(25)19(22)26-22/h6,10,15-17,19,23-24H,5,7-9,11-12H2,1-4H3/t15?,16?,17-,19-,20?,21?,22+/m1/s1. The molecule has 4 heteroatoms. The lowest BCUT2D eigenvalue weighted by Gasteiger charge is -2.57. The maximum atomic E-state index is 12.4. The summed E-state index contributed by atoms with van der Waals surface area (Å²) in [4.78, 5) is 12.4. The van der Waals surface area contributed by atoms with Crippen LogP contribution >= 0.6 is 0 Å². The summed E-state index contributed by atoms with van der Waals surface area (Å²) in [6.45, 7) is 8.75. The topological polar surface area (TPSA) is 70.1 Å². The predicted octanol–water partition coefficient (Wildman–Crippen LogP) is 3.18. The number of aliphatic hydroxyl groups excluding tert-OH is 2. The van der Waals surface area contributed by atoms with Crippen LogP contribution in [0.15, 0.2) is 23.3 Å². The number of carbonyl (C=O) groups is 1. The van der Waals surface area contributed by atoms with Crippen molar-refractivity contribution in [2.24, 2.45) is 22.7 Å². The highest BCUT2D eigenvalue weighted by Gasteiger charge is 2.68. The van der Waals surface area contributed by atoms with Crippen molar-refractivity contribution < 1.29 is 19.7 Å². The Morgan fingerprint density at radius 2 is 2.00 bits per heavy atom. The molecule has 4 nitrogen and oxygen atoms in total. The van der Waals surface area contributed by atoms with E-state index in [1.165, 1.54) is 5.57 Å². The van der Waals surface area contributed by atoms with Crippen LogP contribution < -0.4 is 0 Å². The molecule has 4 rings (SSSR count). The molecule has 7 atom stereocenters. The number of rotatable bonds is 3. The first-order chi connectivity index (χ1) is 12.2. The lowest BCUT2D eigenvalue weighted by molar-refractivity contribution is -0.117. The number of ketones is 1. The molecule has 0 aromatic rings. The zero-order valence-electron chi connectivity index (χ0n) is 16.4. The molecule has 1 heterocycles. The Kier molecular flexibility index (Phi) is 4.08. The van der Waals surface area contributed by atoms with Gasteiger partial charge in [0, 0.05) is 6.61 Å². The monoisotopic (exact) mass is 360 g/mol. The molecule has 1 saturated carbocycles. The maximum Gasteiger partial charge on any atom is 0.190 e. The largest absolute Gasteiger partial charge is 0.396 e. The fraction of sp³-hybridized carbons (Fsp3) is 0.773. The van der Waals surface area contributed by atoms with Crippen molar-refractivity contribution in [2.75, 3.05) is 6.61 Å². The second kappa shape index (κ2) is 5.76. The normalized spacial score (nSPS) is 50.5. The van der Waals surface area contributed by atoms with E-state index in [0.717, 1.165) is 25.7 Å². The molecule has 0 spiro atoms. The summed E-state index contributed by atoms with van der Waals surface area (Å²) in [5.41, 5.74) is 1.23. The van der Waals surface area contributed by atoms with Crippen molar-refractivity contribution in [3.8, 4) is 0 Å². The molecule has 0 amide bonds. The third-order valence-electron chi connectivity index (χ3n) is 8.27. The van der Waals surface area contributed by atoms with Crippen LogP contribution in [0.1, 0.15) is 59.8 Å². The summed E-state index contributed by atoms with van der Waals surface area (Å²) in [6.07, 6.45) is 7.81. The van der Waals surface area contributed by atoms with Gasteiger partial charge in [0.2, 0.25) is 0 Å². The van der Waals surface area contributed by atoms with E-state index in [0.29, 0.717) is 17.9 Å². The van der Waals surface area contributed by atoms with Gasteiger partial charge in [0.15, 0.2) is 11.9 Å². The van der Waals surface area contributed by atoms with Crippen molar-refractivity contribution in [2.45, 2.75) is 77.6 Å². The number of epoxide rings is 1. The van der Waals surface area contributed by atoms with Crippen LogP contribution in [-0.2, 0) is 9.53 Å². The minimum atomic E-state index is -0.742. The molecule has 2 fully saturated rings. The van der Waals surface area contributed by atoms with Gasteiger partial charge >= 0.3 is 0 Å². The molecule has 4 unspecified atom stereocenters. The number of hydrogen-bond donors (Lipinski definition) is 2. The van der Waals surface area contributed by atoms with E-state index in [9.17, 15) is 15.0 Å². The van der Waals surface area contributed by atoms with Crippen LogP contribution in [0.3, 0.4) is 0 Å². The molecular weight excluding hydrogens is 328 g/mol. The highest BCUT2D eigenvalue weighted by molar-refractivity contribution is 6.02. The molecule has 0 aromatic carbocycles. The third-order valence-corrected chi connectivity index (χ3v) is 8.27. The minimum absolute atomic E-state index is 0.0262. The van der Waals surface area contributed by atoms with Gasteiger partial charge in [-0.3, -0.25) is 4.79 Å². The van der Waals surface area contributed by atoms with E-state index in [1.807, 2.05) is 0 Å². The number of Topliss-reactive ketones (excluding diaryl/α,β-unsaturated/α-hetero) is 1. The average molecular weight is 360 g/mol. The summed E-state index contributed by atoms with van der Waals surface area (Å²) in [5, 5.41) is 20.8. The first kappa shape index (κ1) is 18.4. The molecule has 0 aromatic heterocycles. The number of fused-ring (bicyclic) bond motifs is 2. The first-order valence-electron chi connectivity index (χ1n) is 10.0. The van der Waals surface area contributed by atoms with Gasteiger partial charge in [0.1, 0.15) is 11.7 Å². The molecule has 3 aliphatic carbocycles. The fourth-order valence-electron chi connectivity index (χ4n) is 6.49. The number of hydrogen-bond acceptors (Lipinski definition) is 4. The van der Waals surface area contributed by atoms with Gasteiger partial charge in [-0.2, -0.15) is 0 Å². The quantitative estimate of drug-likeness (QED) is 0.599. The fourth-order valence-corrected chi connectivity index (χ4v) is 6.49. The molecule has 1 aliphatic heterocycles. The van der Waals surface area contributed by atoms with Crippen LogP contribution in [0, 0.1) is 22.7 Å². The van der Waals surface area contributed by atoms with Crippen molar-refractivity contribution >= 4 is 5.78 Å². The van der Waals surface area contributed by atoms with Crippen molar-refractivity contribution in [1.82, 2.24) is 0 Å². The summed E-state index contributed by atoms with van der Waals surface area (Å²) >= 11 is 0. The highest BCUT2D eigenvalue weighted by atomic mass is 16.6. The lowest BCUT2D eigenvalue weighted by atomic mass is 9.47. The Balaban J connectivity index is 1.67. The Bertz CT molecular complexity index is 694. The van der Waals surface area contributed by atoms with Crippen LogP contribution in [0.5, 0.6) is 0 Å². The molecule has 1 saturated heterocycles. The van der Waals surface area contributed by atoms with E-state index in [1.54, 1.807) is 13.0 Å². The SMILES string of the molecule is CC1=C[C@@H](O)[C@]2(CC3C(C)=CCC4C(C)(CO)CCCC34C)O[C@@H]2C1=O. The van der Waals surface area contributed by atoms with Crippen LogP contribution in [0.25, 0.3) is 0 Å². The van der Waals surface area contributed by atoms with Gasteiger partial charge in [-0.15, -0.1) is 0 Å². The third kappa shape index (κ3) is 2.35. The van der Waals surface area contributed by atoms with Gasteiger partial charge < -0.3 is 14.9 Å². The van der Waals surface area contributed by atoms with Gasteiger partial charge in [-0.05, 0) is 73.8 Å². The zero-order chi connectivity index (χ0) is 18.9. The van der Waals surface area contributed by atoms with Gasteiger partial charge in [0.25, 0.3) is 0 Å². The molecule has 0 radical (unpaired) electrons. The molecule has 4 aliphatic rings. The highest BCUT2D eigenvalue weighted by Crippen LogP contribution is 2.63. The van der Waals surface area contributed by atoms with E-state index < -0.39 is 17.8 Å². The Morgan fingerprint density at radius 1 is 1.27 bits per heavy atom. The van der Waals surface area contributed by atoms with E-state index in [-0.39, 0.29) is 29.1 Å². The van der Waals surface area contributed by atoms with Crippen molar-refractivity contribution in [3.63, 3.8) is 0 Å². The van der Waals surface area contributed by atoms with Gasteiger partial charge in [-0.25, -0.2) is 0 Å². The van der Waals surface area contributed by atoms with Crippen LogP contribution in [-0.4, -0.2) is 40.4 Å². The molecule has 2 N–H and O–H groups in total. The van der Waals surface area contributed by atoms with Crippen LogP contribution in [0.2, 0.25) is 0 Å². The number of ether oxygens (including phenoxy) is 1. The maximum absolute atomic E-state index is 12.4. The molecule has 0 bridgehead atoms. The number of carbonyl (C=O) groups excluding carboxylic acids is 1. The molecular formula is C22H32O4. The predicted molar refractivity (Wildman–Crippen MR) is 99.5 cm³/mol. The summed E-state index contributed by atoms with van der Waals surface area (Å²) < 4.78 is 5.89. The second-order valence-corrected chi connectivity index (χ2v) is 9.78. The summed E-state index contributed by atoms with van der Waals surface area (Å²) in [7, 11) is 0. The Morgan fingerprint density at radius 3 is 2.69 bits per heavy atom. The zero-order valence-corrected chi connectivity index (χ0v) is 16.4. The molecule has 144 valence electrons. The smallest absolute Gasteiger partial charge is 0.190 e. The second-order valence-electron chi connectivity index (χ2n) is 9.78. The Hall–Kier alpha value is -0.970. The van der Waals surface area contributed by atoms with Crippen LogP contribution in [0.4, 0.5) is 0 Å². The summed E-state index contributed by atoms with van der Waals surface area (Å²) in [5.74, 6) is 0.717. The molecule has 26 heavy (non-hydrogen) atoms. The van der Waals surface area contributed by atoms with E-state index >= 15 is 0 Å². The number of allylic oxidation sites excluding steroid dienone is 2.